The number of hydrogen-bond acceptors (Lipinski definition) is 3. The van der Waals surface area contributed by atoms with Crippen LogP contribution in [0.1, 0.15) is 46.5 Å². The minimum atomic E-state index is -0.738. The fourth-order valence-corrected chi connectivity index (χ4v) is 3.75. The van der Waals surface area contributed by atoms with E-state index in [2.05, 4.69) is 25.7 Å². The summed E-state index contributed by atoms with van der Waals surface area (Å²) < 4.78 is 5.36. The third-order valence-electron chi connectivity index (χ3n) is 4.72. The van der Waals surface area contributed by atoms with Crippen LogP contribution in [-0.4, -0.2) is 47.8 Å². The number of carboxylic acid groups (broad SMARTS) is 1. The highest BCUT2D eigenvalue weighted by Crippen LogP contribution is 2.41. The summed E-state index contributed by atoms with van der Waals surface area (Å²) >= 11 is 0. The molecule has 1 N–H and O–H groups in total. The lowest BCUT2D eigenvalue weighted by Crippen LogP contribution is -2.58. The van der Waals surface area contributed by atoms with Crippen LogP contribution >= 0.6 is 0 Å². The van der Waals surface area contributed by atoms with Crippen molar-refractivity contribution in [2.24, 2.45) is 11.3 Å². The second-order valence-electron chi connectivity index (χ2n) is 6.99. The maximum Gasteiger partial charge on any atom is 0.323 e. The predicted molar refractivity (Wildman–Crippen MR) is 74.1 cm³/mol. The van der Waals surface area contributed by atoms with Gasteiger partial charge in [0, 0.05) is 12.6 Å². The maximum atomic E-state index is 11.4. The molecule has 2 aliphatic rings. The van der Waals surface area contributed by atoms with E-state index < -0.39 is 12.0 Å². The lowest BCUT2D eigenvalue weighted by atomic mass is 9.69. The smallest absolute Gasteiger partial charge is 0.323 e. The molecule has 0 bridgehead atoms. The number of ether oxygens (including phenoxy) is 1. The lowest BCUT2D eigenvalue weighted by molar-refractivity contribution is -0.154. The van der Waals surface area contributed by atoms with E-state index in [0.29, 0.717) is 25.2 Å². The van der Waals surface area contributed by atoms with Crippen molar-refractivity contribution < 1.29 is 14.6 Å². The summed E-state index contributed by atoms with van der Waals surface area (Å²) in [6.45, 7) is 8.61. The molecule has 1 aliphatic heterocycles. The number of nitrogens with zero attached hydrogens (tertiary/aromatic N) is 1. The lowest BCUT2D eigenvalue weighted by Gasteiger charge is -2.48. The molecule has 4 nitrogen and oxygen atoms in total. The van der Waals surface area contributed by atoms with E-state index in [-0.39, 0.29) is 5.41 Å². The number of hydrogen-bond donors (Lipinski definition) is 1. The van der Waals surface area contributed by atoms with Crippen LogP contribution in [0.15, 0.2) is 0 Å². The highest BCUT2D eigenvalue weighted by molar-refractivity contribution is 5.73. The van der Waals surface area contributed by atoms with Crippen LogP contribution in [0.4, 0.5) is 0 Å². The van der Waals surface area contributed by atoms with Crippen molar-refractivity contribution in [3.8, 4) is 0 Å². The number of carboxylic acids is 1. The van der Waals surface area contributed by atoms with Crippen LogP contribution in [0.3, 0.4) is 0 Å². The Morgan fingerprint density at radius 2 is 1.95 bits per heavy atom. The van der Waals surface area contributed by atoms with Crippen molar-refractivity contribution >= 4 is 5.97 Å². The predicted octanol–water partition coefficient (Wildman–Crippen LogP) is 2.38. The first kappa shape index (κ1) is 14.8. The first-order valence-corrected chi connectivity index (χ1v) is 7.47. The summed E-state index contributed by atoms with van der Waals surface area (Å²) in [5.41, 5.74) is 0.243. The Morgan fingerprint density at radius 3 is 2.58 bits per heavy atom. The van der Waals surface area contributed by atoms with Crippen molar-refractivity contribution in [3.05, 3.63) is 0 Å². The molecular weight excluding hydrogens is 242 g/mol. The summed E-state index contributed by atoms with van der Waals surface area (Å²) in [5, 5.41) is 9.41. The van der Waals surface area contributed by atoms with Gasteiger partial charge < -0.3 is 9.84 Å². The summed E-state index contributed by atoms with van der Waals surface area (Å²) in [6.07, 6.45) is 4.85. The zero-order chi connectivity index (χ0) is 14.0. The summed E-state index contributed by atoms with van der Waals surface area (Å²) in [5.74, 6) is -0.154. The zero-order valence-electron chi connectivity index (χ0n) is 12.4. The first-order valence-electron chi connectivity index (χ1n) is 7.47. The quantitative estimate of drug-likeness (QED) is 0.836. The third-order valence-corrected chi connectivity index (χ3v) is 4.72. The van der Waals surface area contributed by atoms with Crippen molar-refractivity contribution in [1.82, 2.24) is 4.90 Å². The van der Waals surface area contributed by atoms with Crippen LogP contribution < -0.4 is 0 Å². The number of rotatable bonds is 2. The molecule has 1 heterocycles. The highest BCUT2D eigenvalue weighted by Gasteiger charge is 2.42. The molecule has 3 atom stereocenters. The number of morpholine rings is 1. The van der Waals surface area contributed by atoms with Crippen molar-refractivity contribution in [2.45, 2.75) is 58.5 Å². The molecule has 19 heavy (non-hydrogen) atoms. The summed E-state index contributed by atoms with van der Waals surface area (Å²) in [7, 11) is 0. The van der Waals surface area contributed by atoms with E-state index in [9.17, 15) is 9.90 Å². The van der Waals surface area contributed by atoms with Gasteiger partial charge in [-0.15, -0.1) is 0 Å². The minimum Gasteiger partial charge on any atom is -0.480 e. The molecule has 1 saturated carbocycles. The van der Waals surface area contributed by atoms with Crippen molar-refractivity contribution in [2.75, 3.05) is 19.8 Å². The van der Waals surface area contributed by atoms with Gasteiger partial charge in [0.15, 0.2) is 0 Å². The standard InChI is InChI=1S/C15H27NO3/c1-15(2,3)11-6-4-5-7-12(11)16-8-9-19-10-13(16)14(17)18/h11-13H,4-10H2,1-3H3,(H,17,18). The molecule has 1 saturated heterocycles. The van der Waals surface area contributed by atoms with Gasteiger partial charge in [-0.2, -0.15) is 0 Å². The Bertz CT molecular complexity index is 324. The Morgan fingerprint density at radius 1 is 1.26 bits per heavy atom. The summed E-state index contributed by atoms with van der Waals surface area (Å²) in [4.78, 5) is 13.7. The Labute approximate surface area is 116 Å². The van der Waals surface area contributed by atoms with E-state index >= 15 is 0 Å². The first-order chi connectivity index (χ1) is 8.91. The Kier molecular flexibility index (Phi) is 4.51. The van der Waals surface area contributed by atoms with Gasteiger partial charge in [0.2, 0.25) is 0 Å². The van der Waals surface area contributed by atoms with Crippen LogP contribution in [-0.2, 0) is 9.53 Å². The van der Waals surface area contributed by atoms with E-state index in [1.54, 1.807) is 0 Å². The molecule has 0 amide bonds. The summed E-state index contributed by atoms with van der Waals surface area (Å²) in [6, 6.07) is -0.0551. The second-order valence-corrected chi connectivity index (χ2v) is 6.99. The van der Waals surface area contributed by atoms with Gasteiger partial charge in [-0.05, 0) is 24.2 Å². The highest BCUT2D eigenvalue weighted by atomic mass is 16.5. The zero-order valence-corrected chi connectivity index (χ0v) is 12.4. The molecule has 0 spiro atoms. The van der Waals surface area contributed by atoms with Crippen molar-refractivity contribution in [3.63, 3.8) is 0 Å². The molecule has 1 aliphatic carbocycles. The SMILES string of the molecule is CC(C)(C)C1CCCCC1N1CCOCC1C(=O)O. The molecular formula is C15H27NO3. The Balaban J connectivity index is 2.18. The monoisotopic (exact) mass is 269 g/mol. The van der Waals surface area contributed by atoms with E-state index in [0.717, 1.165) is 13.0 Å². The molecule has 0 aromatic carbocycles. The average molecular weight is 269 g/mol. The normalized spacial score (nSPS) is 34.2. The average Bonchev–Trinajstić information content (AvgIpc) is 2.37. The minimum absolute atomic E-state index is 0.243. The number of carbonyl (C=O) groups is 1. The third kappa shape index (κ3) is 3.29. The van der Waals surface area contributed by atoms with Gasteiger partial charge in [-0.1, -0.05) is 33.6 Å². The second kappa shape index (κ2) is 5.80. The Hall–Kier alpha value is -0.610. The molecule has 2 fully saturated rings. The molecule has 0 aromatic rings. The van der Waals surface area contributed by atoms with Crippen molar-refractivity contribution in [1.29, 1.82) is 0 Å². The topological polar surface area (TPSA) is 49.8 Å². The molecule has 4 heteroatoms. The maximum absolute atomic E-state index is 11.4. The van der Waals surface area contributed by atoms with E-state index in [4.69, 9.17) is 4.74 Å². The van der Waals surface area contributed by atoms with Crippen LogP contribution in [0.25, 0.3) is 0 Å². The van der Waals surface area contributed by atoms with Gasteiger partial charge in [0.25, 0.3) is 0 Å². The molecule has 0 radical (unpaired) electrons. The number of aliphatic carboxylic acids is 1. The van der Waals surface area contributed by atoms with Gasteiger partial charge in [0.1, 0.15) is 6.04 Å². The largest absolute Gasteiger partial charge is 0.480 e. The fourth-order valence-electron chi connectivity index (χ4n) is 3.75. The molecule has 3 unspecified atom stereocenters. The van der Waals surface area contributed by atoms with E-state index in [1.807, 2.05) is 0 Å². The van der Waals surface area contributed by atoms with Crippen LogP contribution in [0.2, 0.25) is 0 Å². The van der Waals surface area contributed by atoms with Gasteiger partial charge in [-0.25, -0.2) is 0 Å². The van der Waals surface area contributed by atoms with Gasteiger partial charge >= 0.3 is 5.97 Å². The molecule has 0 aromatic heterocycles. The van der Waals surface area contributed by atoms with E-state index in [1.165, 1.54) is 19.3 Å². The van der Waals surface area contributed by atoms with Crippen LogP contribution in [0, 0.1) is 11.3 Å². The molecule has 2 rings (SSSR count). The molecule has 110 valence electrons. The van der Waals surface area contributed by atoms with Gasteiger partial charge in [0.05, 0.1) is 13.2 Å². The van der Waals surface area contributed by atoms with Crippen LogP contribution in [0.5, 0.6) is 0 Å². The van der Waals surface area contributed by atoms with Gasteiger partial charge in [-0.3, -0.25) is 9.69 Å². The fraction of sp³-hybridized carbons (Fsp3) is 0.933.